The predicted octanol–water partition coefficient (Wildman–Crippen LogP) is 1.84. The third-order valence-corrected chi connectivity index (χ3v) is 8.31. The number of carbonyl (C=O) groups excluding carboxylic acids is 2. The highest BCUT2D eigenvalue weighted by Gasteiger charge is 2.39. The summed E-state index contributed by atoms with van der Waals surface area (Å²) in [4.78, 5) is 27.4. The van der Waals surface area contributed by atoms with Crippen molar-refractivity contribution in [3.63, 3.8) is 0 Å². The van der Waals surface area contributed by atoms with Gasteiger partial charge in [-0.3, -0.25) is 9.59 Å². The van der Waals surface area contributed by atoms with Crippen LogP contribution in [-0.2, 0) is 24.3 Å². The third kappa shape index (κ3) is 4.77. The maximum atomic E-state index is 13.0. The highest BCUT2D eigenvalue weighted by atomic mass is 32.2. The van der Waals surface area contributed by atoms with Crippen molar-refractivity contribution in [2.24, 2.45) is 5.92 Å². The van der Waals surface area contributed by atoms with Crippen LogP contribution < -0.4 is 10.1 Å². The second kappa shape index (κ2) is 9.76. The fourth-order valence-electron chi connectivity index (χ4n) is 4.70. The van der Waals surface area contributed by atoms with Gasteiger partial charge in [-0.1, -0.05) is 12.8 Å². The molecule has 1 saturated carbocycles. The van der Waals surface area contributed by atoms with Crippen LogP contribution in [0.2, 0.25) is 0 Å². The molecule has 10 heteroatoms. The number of likely N-dealkylation sites (tertiary alicyclic amines) is 1. The van der Waals surface area contributed by atoms with Gasteiger partial charge in [0.25, 0.3) is 0 Å². The zero-order valence-corrected chi connectivity index (χ0v) is 19.2. The molecule has 3 fully saturated rings. The Bertz CT molecular complexity index is 954. The summed E-state index contributed by atoms with van der Waals surface area (Å²) in [7, 11) is -3.72. The molecule has 0 bridgehead atoms. The van der Waals surface area contributed by atoms with Crippen LogP contribution in [-0.4, -0.2) is 74.9 Å². The first-order valence-corrected chi connectivity index (χ1v) is 12.8. The van der Waals surface area contributed by atoms with Gasteiger partial charge >= 0.3 is 0 Å². The van der Waals surface area contributed by atoms with Crippen LogP contribution in [0.4, 0.5) is 5.69 Å². The van der Waals surface area contributed by atoms with Crippen LogP contribution >= 0.6 is 0 Å². The Morgan fingerprint density at radius 1 is 1.22 bits per heavy atom. The molecule has 2 saturated heterocycles. The number of hydrogen-bond donors (Lipinski definition) is 1. The number of nitrogens with one attached hydrogen (secondary N) is 1. The average molecular weight is 466 g/mol. The van der Waals surface area contributed by atoms with Crippen molar-refractivity contribution in [1.29, 1.82) is 0 Å². The summed E-state index contributed by atoms with van der Waals surface area (Å²) >= 11 is 0. The standard InChI is InChI=1S/C22H31N3O6S/c1-2-31-20-8-7-18(32(28,29)24-9-11-30-12-10-24)14-19(20)23-22(27)16-13-21(26)25(15-16)17-5-3-4-6-17/h7-8,14,16-17H,2-6,9-13,15H2,1H3,(H,23,27)/t16-/m1/s1. The van der Waals surface area contributed by atoms with E-state index in [-0.39, 0.29) is 29.2 Å². The second-order valence-electron chi connectivity index (χ2n) is 8.48. The van der Waals surface area contributed by atoms with E-state index >= 15 is 0 Å². The van der Waals surface area contributed by atoms with E-state index in [0.717, 1.165) is 25.7 Å². The van der Waals surface area contributed by atoms with Gasteiger partial charge in [-0.15, -0.1) is 0 Å². The van der Waals surface area contributed by atoms with Gasteiger partial charge in [-0.25, -0.2) is 8.42 Å². The molecule has 0 aromatic heterocycles. The summed E-state index contributed by atoms with van der Waals surface area (Å²) in [6.45, 7) is 3.89. The number of morpholine rings is 1. The first-order valence-electron chi connectivity index (χ1n) is 11.3. The van der Waals surface area contributed by atoms with Crippen molar-refractivity contribution >= 4 is 27.5 Å². The van der Waals surface area contributed by atoms with Crippen LogP contribution in [0.15, 0.2) is 23.1 Å². The van der Waals surface area contributed by atoms with Gasteiger partial charge in [0.1, 0.15) is 5.75 Å². The molecule has 2 aliphatic heterocycles. The molecule has 176 valence electrons. The number of carbonyl (C=O) groups is 2. The van der Waals surface area contributed by atoms with Gasteiger partial charge in [0.2, 0.25) is 21.8 Å². The van der Waals surface area contributed by atoms with Gasteiger partial charge < -0.3 is 19.7 Å². The highest BCUT2D eigenvalue weighted by molar-refractivity contribution is 7.89. The average Bonchev–Trinajstić information content (AvgIpc) is 3.45. The molecule has 4 rings (SSSR count). The number of anilines is 1. The van der Waals surface area contributed by atoms with Crippen LogP contribution in [0.1, 0.15) is 39.0 Å². The first kappa shape index (κ1) is 23.0. The lowest BCUT2D eigenvalue weighted by molar-refractivity contribution is -0.129. The molecule has 0 spiro atoms. The molecule has 1 N–H and O–H groups in total. The van der Waals surface area contributed by atoms with Crippen molar-refractivity contribution < 1.29 is 27.5 Å². The Balaban J connectivity index is 1.52. The summed E-state index contributed by atoms with van der Waals surface area (Å²) in [6, 6.07) is 4.74. The summed E-state index contributed by atoms with van der Waals surface area (Å²) < 4.78 is 38.4. The fraction of sp³-hybridized carbons (Fsp3) is 0.636. The van der Waals surface area contributed by atoms with E-state index < -0.39 is 15.9 Å². The number of nitrogens with zero attached hydrogens (tertiary/aromatic N) is 2. The topological polar surface area (TPSA) is 105 Å². The zero-order valence-electron chi connectivity index (χ0n) is 18.4. The van der Waals surface area contributed by atoms with Gasteiger partial charge in [0, 0.05) is 32.1 Å². The van der Waals surface area contributed by atoms with E-state index in [1.165, 1.54) is 16.4 Å². The van der Waals surface area contributed by atoms with E-state index in [9.17, 15) is 18.0 Å². The maximum Gasteiger partial charge on any atom is 0.243 e. The minimum absolute atomic E-state index is 0.0192. The van der Waals surface area contributed by atoms with Crippen LogP contribution in [0, 0.1) is 5.92 Å². The maximum absolute atomic E-state index is 13.0. The lowest BCUT2D eigenvalue weighted by Gasteiger charge is -2.26. The molecule has 1 aromatic rings. The van der Waals surface area contributed by atoms with E-state index in [4.69, 9.17) is 9.47 Å². The number of rotatable bonds is 7. The zero-order chi connectivity index (χ0) is 22.7. The Hall–Kier alpha value is -2.17. The van der Waals surface area contributed by atoms with E-state index in [0.29, 0.717) is 50.9 Å². The largest absolute Gasteiger partial charge is 0.492 e. The number of hydrogen-bond acceptors (Lipinski definition) is 6. The van der Waals surface area contributed by atoms with Crippen molar-refractivity contribution in [3.05, 3.63) is 18.2 Å². The van der Waals surface area contributed by atoms with Gasteiger partial charge in [-0.05, 0) is 38.0 Å². The summed E-state index contributed by atoms with van der Waals surface area (Å²) in [6.07, 6.45) is 4.41. The lowest BCUT2D eigenvalue weighted by Crippen LogP contribution is -2.40. The van der Waals surface area contributed by atoms with E-state index in [2.05, 4.69) is 5.32 Å². The minimum Gasteiger partial charge on any atom is -0.492 e. The molecule has 1 aromatic carbocycles. The quantitative estimate of drug-likeness (QED) is 0.659. The second-order valence-corrected chi connectivity index (χ2v) is 10.4. The van der Waals surface area contributed by atoms with E-state index in [1.807, 2.05) is 11.8 Å². The molecule has 9 nitrogen and oxygen atoms in total. The molecule has 0 radical (unpaired) electrons. The fourth-order valence-corrected chi connectivity index (χ4v) is 6.13. The van der Waals surface area contributed by atoms with Gasteiger partial charge in [0.05, 0.1) is 36.3 Å². The molecule has 1 atom stereocenters. The van der Waals surface area contributed by atoms with Gasteiger partial charge in [0.15, 0.2) is 0 Å². The normalized spacial score (nSPS) is 23.0. The number of ether oxygens (including phenoxy) is 2. The van der Waals surface area contributed by atoms with Crippen molar-refractivity contribution in [2.45, 2.75) is 50.0 Å². The molecule has 2 amide bonds. The monoisotopic (exact) mass is 465 g/mol. The number of sulfonamides is 1. The Labute approximate surface area is 189 Å². The molecule has 32 heavy (non-hydrogen) atoms. The molecule has 3 aliphatic rings. The summed E-state index contributed by atoms with van der Waals surface area (Å²) in [5, 5.41) is 2.83. The predicted molar refractivity (Wildman–Crippen MR) is 118 cm³/mol. The smallest absolute Gasteiger partial charge is 0.243 e. The highest BCUT2D eigenvalue weighted by Crippen LogP contribution is 2.33. The van der Waals surface area contributed by atoms with Crippen LogP contribution in [0.25, 0.3) is 0 Å². The number of benzene rings is 1. The SMILES string of the molecule is CCOc1ccc(S(=O)(=O)N2CCOCC2)cc1NC(=O)[C@@H]1CC(=O)N(C2CCCC2)C1. The van der Waals surface area contributed by atoms with Crippen molar-refractivity contribution in [3.8, 4) is 5.75 Å². The Morgan fingerprint density at radius 2 is 1.94 bits per heavy atom. The molecule has 2 heterocycles. The first-order chi connectivity index (χ1) is 15.4. The Morgan fingerprint density at radius 3 is 2.62 bits per heavy atom. The van der Waals surface area contributed by atoms with Crippen LogP contribution in [0.3, 0.4) is 0 Å². The summed E-state index contributed by atoms with van der Waals surface area (Å²) in [5.74, 6) is -0.331. The Kier molecular flexibility index (Phi) is 7.02. The summed E-state index contributed by atoms with van der Waals surface area (Å²) in [5.41, 5.74) is 0.304. The molecular formula is C22H31N3O6S. The number of amides is 2. The minimum atomic E-state index is -3.72. The molecular weight excluding hydrogens is 434 g/mol. The molecule has 0 unspecified atom stereocenters. The third-order valence-electron chi connectivity index (χ3n) is 6.41. The molecule has 1 aliphatic carbocycles. The van der Waals surface area contributed by atoms with Crippen molar-refractivity contribution in [1.82, 2.24) is 9.21 Å². The van der Waals surface area contributed by atoms with E-state index in [1.54, 1.807) is 6.07 Å². The van der Waals surface area contributed by atoms with Gasteiger partial charge in [-0.2, -0.15) is 4.31 Å². The lowest BCUT2D eigenvalue weighted by atomic mass is 10.1. The van der Waals surface area contributed by atoms with Crippen LogP contribution in [0.5, 0.6) is 5.75 Å². The van der Waals surface area contributed by atoms with Crippen molar-refractivity contribution in [2.75, 3.05) is 44.8 Å².